The summed E-state index contributed by atoms with van der Waals surface area (Å²) in [5.74, 6) is -0.331. The van der Waals surface area contributed by atoms with E-state index in [9.17, 15) is 4.39 Å². The third-order valence-electron chi connectivity index (χ3n) is 2.78. The number of nitrogens with two attached hydrogens (primary N) is 1. The third kappa shape index (κ3) is 2.74. The number of halogens is 3. The average molecular weight is 329 g/mol. The Morgan fingerprint density at radius 3 is 2.56 bits per heavy atom. The molecule has 0 amide bonds. The first-order chi connectivity index (χ1) is 8.49. The molecule has 1 nitrogen and oxygen atoms in total. The van der Waals surface area contributed by atoms with Crippen molar-refractivity contribution >= 4 is 27.5 Å². The van der Waals surface area contributed by atoms with Crippen molar-refractivity contribution in [3.05, 3.63) is 68.4 Å². The summed E-state index contributed by atoms with van der Waals surface area (Å²) in [6.45, 7) is 1.95. The van der Waals surface area contributed by atoms with Crippen LogP contribution in [0.25, 0.3) is 0 Å². The molecule has 2 rings (SSSR count). The van der Waals surface area contributed by atoms with Crippen molar-refractivity contribution in [1.82, 2.24) is 0 Å². The molecular weight excluding hydrogens is 317 g/mol. The van der Waals surface area contributed by atoms with Crippen LogP contribution in [0, 0.1) is 12.7 Å². The highest BCUT2D eigenvalue weighted by Gasteiger charge is 2.16. The number of hydrogen-bond donors (Lipinski definition) is 1. The number of benzene rings is 2. The molecule has 0 spiro atoms. The van der Waals surface area contributed by atoms with Crippen LogP contribution in [0.15, 0.2) is 40.9 Å². The molecule has 0 aliphatic heterocycles. The molecule has 18 heavy (non-hydrogen) atoms. The highest BCUT2D eigenvalue weighted by Crippen LogP contribution is 2.30. The van der Waals surface area contributed by atoms with Crippen molar-refractivity contribution < 1.29 is 4.39 Å². The molecule has 0 heterocycles. The van der Waals surface area contributed by atoms with Crippen LogP contribution in [0.2, 0.25) is 5.02 Å². The van der Waals surface area contributed by atoms with Crippen molar-refractivity contribution in [3.63, 3.8) is 0 Å². The molecule has 4 heteroatoms. The fraction of sp³-hybridized carbons (Fsp3) is 0.143. The van der Waals surface area contributed by atoms with E-state index in [1.54, 1.807) is 12.1 Å². The van der Waals surface area contributed by atoms with Gasteiger partial charge < -0.3 is 5.73 Å². The minimum absolute atomic E-state index is 0.331. The topological polar surface area (TPSA) is 26.0 Å². The van der Waals surface area contributed by atoms with Gasteiger partial charge in [0, 0.05) is 15.1 Å². The SMILES string of the molecule is Cc1ccc(C(N)c2cc(Br)ccc2F)c(Cl)c1. The van der Waals surface area contributed by atoms with E-state index >= 15 is 0 Å². The predicted octanol–water partition coefficient (Wildman–Crippen LogP) is 4.60. The zero-order valence-electron chi connectivity index (χ0n) is 9.75. The molecule has 0 aromatic heterocycles. The number of aryl methyl sites for hydroxylation is 1. The van der Waals surface area contributed by atoms with Gasteiger partial charge in [-0.05, 0) is 42.3 Å². The lowest BCUT2D eigenvalue weighted by atomic mass is 9.98. The maximum Gasteiger partial charge on any atom is 0.128 e. The summed E-state index contributed by atoms with van der Waals surface area (Å²) in [7, 11) is 0. The van der Waals surface area contributed by atoms with Gasteiger partial charge in [0.2, 0.25) is 0 Å². The van der Waals surface area contributed by atoms with Crippen LogP contribution in [0.5, 0.6) is 0 Å². The van der Waals surface area contributed by atoms with Gasteiger partial charge in [-0.2, -0.15) is 0 Å². The molecule has 2 aromatic rings. The van der Waals surface area contributed by atoms with Crippen LogP contribution < -0.4 is 5.73 Å². The van der Waals surface area contributed by atoms with Crippen molar-refractivity contribution in [2.24, 2.45) is 5.73 Å². The lowest BCUT2D eigenvalue weighted by Gasteiger charge is -2.15. The zero-order valence-corrected chi connectivity index (χ0v) is 12.1. The van der Waals surface area contributed by atoms with E-state index in [1.165, 1.54) is 6.07 Å². The smallest absolute Gasteiger partial charge is 0.128 e. The molecule has 0 aliphatic carbocycles. The molecule has 2 N–H and O–H groups in total. The van der Waals surface area contributed by atoms with Crippen LogP contribution in [0.3, 0.4) is 0 Å². The summed E-state index contributed by atoms with van der Waals surface area (Å²) >= 11 is 9.46. The first-order valence-electron chi connectivity index (χ1n) is 5.45. The molecule has 0 radical (unpaired) electrons. The Balaban J connectivity index is 2.47. The molecule has 1 unspecified atom stereocenters. The molecule has 0 aliphatic rings. The van der Waals surface area contributed by atoms with E-state index in [2.05, 4.69) is 15.9 Å². The first-order valence-corrected chi connectivity index (χ1v) is 6.62. The summed E-state index contributed by atoms with van der Waals surface area (Å²) in [5.41, 5.74) is 8.29. The maximum atomic E-state index is 13.8. The van der Waals surface area contributed by atoms with Gasteiger partial charge in [-0.15, -0.1) is 0 Å². The Kier molecular flexibility index (Phi) is 4.05. The summed E-state index contributed by atoms with van der Waals surface area (Å²) in [6.07, 6.45) is 0. The second-order valence-electron chi connectivity index (χ2n) is 4.17. The standard InChI is InChI=1S/C14H12BrClFN/c1-8-2-4-10(12(16)6-8)14(18)11-7-9(15)3-5-13(11)17/h2-7,14H,18H2,1H3. The quantitative estimate of drug-likeness (QED) is 0.856. The fourth-order valence-electron chi connectivity index (χ4n) is 1.80. The van der Waals surface area contributed by atoms with Gasteiger partial charge >= 0.3 is 0 Å². The second-order valence-corrected chi connectivity index (χ2v) is 5.49. The van der Waals surface area contributed by atoms with Crippen molar-refractivity contribution in [2.75, 3.05) is 0 Å². The number of rotatable bonds is 2. The highest BCUT2D eigenvalue weighted by molar-refractivity contribution is 9.10. The Bertz CT molecular complexity index is 586. The summed E-state index contributed by atoms with van der Waals surface area (Å²) < 4.78 is 14.6. The molecule has 0 bridgehead atoms. The Hall–Kier alpha value is -0.900. The molecule has 0 saturated heterocycles. The van der Waals surface area contributed by atoms with Gasteiger partial charge in [0.1, 0.15) is 5.82 Å². The second kappa shape index (κ2) is 5.39. The van der Waals surface area contributed by atoms with E-state index in [0.717, 1.165) is 15.6 Å². The Labute approximate surface area is 119 Å². The molecular formula is C14H12BrClFN. The third-order valence-corrected chi connectivity index (χ3v) is 3.60. The van der Waals surface area contributed by atoms with Gasteiger partial charge in [-0.3, -0.25) is 0 Å². The van der Waals surface area contributed by atoms with Gasteiger partial charge in [0.15, 0.2) is 0 Å². The summed E-state index contributed by atoms with van der Waals surface area (Å²) in [5, 5.41) is 0.557. The minimum Gasteiger partial charge on any atom is -0.320 e. The van der Waals surface area contributed by atoms with Crippen molar-refractivity contribution in [3.8, 4) is 0 Å². The van der Waals surface area contributed by atoms with E-state index in [4.69, 9.17) is 17.3 Å². The van der Waals surface area contributed by atoms with E-state index < -0.39 is 6.04 Å². The van der Waals surface area contributed by atoms with Crippen molar-refractivity contribution in [2.45, 2.75) is 13.0 Å². The Morgan fingerprint density at radius 1 is 1.17 bits per heavy atom. The van der Waals surface area contributed by atoms with E-state index in [1.807, 2.05) is 25.1 Å². The minimum atomic E-state index is -0.574. The summed E-state index contributed by atoms with van der Waals surface area (Å²) in [6, 6.07) is 9.71. The van der Waals surface area contributed by atoms with Gasteiger partial charge in [-0.1, -0.05) is 39.7 Å². The van der Waals surface area contributed by atoms with Crippen LogP contribution in [-0.2, 0) is 0 Å². The van der Waals surface area contributed by atoms with Crippen molar-refractivity contribution in [1.29, 1.82) is 0 Å². The van der Waals surface area contributed by atoms with Gasteiger partial charge in [0.05, 0.1) is 6.04 Å². The maximum absolute atomic E-state index is 13.8. The number of hydrogen-bond acceptors (Lipinski definition) is 1. The van der Waals surface area contributed by atoms with Crippen LogP contribution in [0.4, 0.5) is 4.39 Å². The molecule has 0 fully saturated rings. The van der Waals surface area contributed by atoms with Gasteiger partial charge in [0.25, 0.3) is 0 Å². The lowest BCUT2D eigenvalue weighted by molar-refractivity contribution is 0.599. The molecule has 1 atom stereocenters. The van der Waals surface area contributed by atoms with E-state index in [-0.39, 0.29) is 5.82 Å². The molecule has 0 saturated carbocycles. The fourth-order valence-corrected chi connectivity index (χ4v) is 2.54. The molecule has 94 valence electrons. The van der Waals surface area contributed by atoms with Crippen LogP contribution in [-0.4, -0.2) is 0 Å². The van der Waals surface area contributed by atoms with Crippen LogP contribution >= 0.6 is 27.5 Å². The first kappa shape index (κ1) is 13.5. The summed E-state index contributed by atoms with van der Waals surface area (Å²) in [4.78, 5) is 0. The van der Waals surface area contributed by atoms with Crippen LogP contribution in [0.1, 0.15) is 22.7 Å². The zero-order chi connectivity index (χ0) is 13.3. The van der Waals surface area contributed by atoms with E-state index in [0.29, 0.717) is 10.6 Å². The highest BCUT2D eigenvalue weighted by atomic mass is 79.9. The predicted molar refractivity (Wildman–Crippen MR) is 76.3 cm³/mol. The Morgan fingerprint density at radius 2 is 1.89 bits per heavy atom. The largest absolute Gasteiger partial charge is 0.320 e. The monoisotopic (exact) mass is 327 g/mol. The normalized spacial score (nSPS) is 12.5. The average Bonchev–Trinajstić information content (AvgIpc) is 2.31. The molecule has 2 aromatic carbocycles. The lowest BCUT2D eigenvalue weighted by Crippen LogP contribution is -2.14. The van der Waals surface area contributed by atoms with Gasteiger partial charge in [-0.25, -0.2) is 4.39 Å².